The third-order valence-electron chi connectivity index (χ3n) is 4.79. The molecule has 26 heavy (non-hydrogen) atoms. The van der Waals surface area contributed by atoms with E-state index in [-0.39, 0.29) is 0 Å². The van der Waals surface area contributed by atoms with Gasteiger partial charge in [0.2, 0.25) is 0 Å². The second-order valence-corrected chi connectivity index (χ2v) is 6.70. The van der Waals surface area contributed by atoms with Crippen LogP contribution in [-0.2, 0) is 4.74 Å². The predicted octanol–water partition coefficient (Wildman–Crippen LogP) is 2.85. The molecule has 0 radical (unpaired) electrons. The van der Waals surface area contributed by atoms with Crippen LogP contribution in [0.4, 0.5) is 23.0 Å². The maximum absolute atomic E-state index is 12.1. The quantitative estimate of drug-likeness (QED) is 0.844. The standard InChI is InChI=1S/C19H25N5O2/c1-13-7-6-10-24(11-13)18-16(20)17(21-12-22-18)23(2)15-9-5-4-8-14(15)19(25)26-3/h4-5,8-9,12-13H,6-7,10-11,20H2,1-3H3. The summed E-state index contributed by atoms with van der Waals surface area (Å²) in [7, 11) is 3.21. The number of piperidine rings is 1. The van der Waals surface area contributed by atoms with Crippen molar-refractivity contribution in [3.05, 3.63) is 36.2 Å². The second kappa shape index (κ2) is 7.59. The molecule has 1 aliphatic rings. The first-order valence-electron chi connectivity index (χ1n) is 8.79. The van der Waals surface area contributed by atoms with E-state index in [9.17, 15) is 4.79 Å². The molecule has 1 fully saturated rings. The van der Waals surface area contributed by atoms with Gasteiger partial charge in [-0.05, 0) is 30.9 Å². The van der Waals surface area contributed by atoms with Crippen LogP contribution in [0.2, 0.25) is 0 Å². The predicted molar refractivity (Wildman–Crippen MR) is 103 cm³/mol. The number of para-hydroxylation sites is 1. The summed E-state index contributed by atoms with van der Waals surface area (Å²) in [6.45, 7) is 4.11. The average molecular weight is 355 g/mol. The van der Waals surface area contributed by atoms with Crippen molar-refractivity contribution < 1.29 is 9.53 Å². The van der Waals surface area contributed by atoms with Crippen LogP contribution in [0.3, 0.4) is 0 Å². The molecular formula is C19H25N5O2. The fourth-order valence-electron chi connectivity index (χ4n) is 3.44. The molecule has 3 rings (SSSR count). The van der Waals surface area contributed by atoms with E-state index in [0.29, 0.717) is 28.7 Å². The zero-order valence-electron chi connectivity index (χ0n) is 15.5. The van der Waals surface area contributed by atoms with Gasteiger partial charge >= 0.3 is 5.97 Å². The number of anilines is 4. The molecule has 1 saturated heterocycles. The summed E-state index contributed by atoms with van der Waals surface area (Å²) in [5.74, 6) is 1.54. The molecule has 0 saturated carbocycles. The number of nitrogens with two attached hydrogens (primary N) is 1. The van der Waals surface area contributed by atoms with Crippen molar-refractivity contribution >= 4 is 29.0 Å². The Morgan fingerprint density at radius 2 is 2.12 bits per heavy atom. The van der Waals surface area contributed by atoms with E-state index in [4.69, 9.17) is 10.5 Å². The Hall–Kier alpha value is -2.83. The van der Waals surface area contributed by atoms with Crippen molar-refractivity contribution in [1.29, 1.82) is 0 Å². The molecule has 1 aromatic heterocycles. The minimum Gasteiger partial charge on any atom is -0.465 e. The lowest BCUT2D eigenvalue weighted by Gasteiger charge is -2.33. The molecule has 2 heterocycles. The Morgan fingerprint density at radius 1 is 1.35 bits per heavy atom. The molecule has 1 aliphatic heterocycles. The maximum atomic E-state index is 12.1. The number of nitrogens with zero attached hydrogens (tertiary/aromatic N) is 4. The van der Waals surface area contributed by atoms with Gasteiger partial charge in [-0.2, -0.15) is 0 Å². The lowest BCUT2D eigenvalue weighted by Crippen LogP contribution is -2.35. The van der Waals surface area contributed by atoms with E-state index in [1.54, 1.807) is 17.0 Å². The van der Waals surface area contributed by atoms with Gasteiger partial charge in [-0.25, -0.2) is 14.8 Å². The van der Waals surface area contributed by atoms with Crippen molar-refractivity contribution in [2.24, 2.45) is 5.92 Å². The Morgan fingerprint density at radius 3 is 2.85 bits per heavy atom. The summed E-state index contributed by atoms with van der Waals surface area (Å²) in [6, 6.07) is 7.23. The number of rotatable bonds is 4. The highest BCUT2D eigenvalue weighted by Gasteiger charge is 2.24. The minimum atomic E-state index is -0.398. The molecular weight excluding hydrogens is 330 g/mol. The first kappa shape index (κ1) is 18.0. The van der Waals surface area contributed by atoms with Gasteiger partial charge in [0.05, 0.1) is 18.4 Å². The van der Waals surface area contributed by atoms with Crippen LogP contribution >= 0.6 is 0 Å². The van der Waals surface area contributed by atoms with E-state index >= 15 is 0 Å². The third-order valence-corrected chi connectivity index (χ3v) is 4.79. The molecule has 2 N–H and O–H groups in total. The molecule has 2 aromatic rings. The number of nitrogen functional groups attached to an aromatic ring is 1. The summed E-state index contributed by atoms with van der Waals surface area (Å²) in [6.07, 6.45) is 3.87. The summed E-state index contributed by atoms with van der Waals surface area (Å²) >= 11 is 0. The van der Waals surface area contributed by atoms with Crippen LogP contribution in [0.1, 0.15) is 30.1 Å². The molecule has 1 unspecified atom stereocenters. The fourth-order valence-corrected chi connectivity index (χ4v) is 3.44. The topological polar surface area (TPSA) is 84.6 Å². The Bertz CT molecular complexity index is 795. The van der Waals surface area contributed by atoms with Gasteiger partial charge < -0.3 is 20.3 Å². The van der Waals surface area contributed by atoms with E-state index in [0.717, 1.165) is 25.3 Å². The number of carbonyl (C=O) groups excluding carboxylic acids is 1. The number of esters is 1. The summed E-state index contributed by atoms with van der Waals surface area (Å²) in [4.78, 5) is 24.9. The van der Waals surface area contributed by atoms with Crippen LogP contribution in [0, 0.1) is 5.92 Å². The SMILES string of the molecule is COC(=O)c1ccccc1N(C)c1ncnc(N2CCCC(C)C2)c1N. The first-order chi connectivity index (χ1) is 12.5. The van der Waals surface area contributed by atoms with Crippen LogP contribution < -0.4 is 15.5 Å². The van der Waals surface area contributed by atoms with Crippen molar-refractivity contribution in [3.63, 3.8) is 0 Å². The number of hydrogen-bond acceptors (Lipinski definition) is 7. The minimum absolute atomic E-state index is 0.398. The number of methoxy groups -OCH3 is 1. The van der Waals surface area contributed by atoms with Gasteiger partial charge in [0, 0.05) is 20.1 Å². The normalized spacial score (nSPS) is 17.0. The summed E-state index contributed by atoms with van der Waals surface area (Å²) in [5.41, 5.74) is 8.09. The number of ether oxygens (including phenoxy) is 1. The van der Waals surface area contributed by atoms with Gasteiger partial charge in [-0.1, -0.05) is 19.1 Å². The lowest BCUT2D eigenvalue weighted by molar-refractivity contribution is 0.0601. The highest BCUT2D eigenvalue weighted by molar-refractivity contribution is 5.97. The molecule has 1 aromatic carbocycles. The first-order valence-corrected chi connectivity index (χ1v) is 8.79. The van der Waals surface area contributed by atoms with Crippen LogP contribution in [0.5, 0.6) is 0 Å². The highest BCUT2D eigenvalue weighted by Crippen LogP contribution is 2.35. The Balaban J connectivity index is 1.98. The fraction of sp³-hybridized carbons (Fsp3) is 0.421. The monoisotopic (exact) mass is 355 g/mol. The van der Waals surface area contributed by atoms with Crippen LogP contribution in [-0.4, -0.2) is 43.2 Å². The summed E-state index contributed by atoms with van der Waals surface area (Å²) < 4.78 is 4.89. The average Bonchev–Trinajstić information content (AvgIpc) is 2.67. The number of benzene rings is 1. The van der Waals surface area contributed by atoms with Crippen molar-refractivity contribution in [1.82, 2.24) is 9.97 Å². The highest BCUT2D eigenvalue weighted by atomic mass is 16.5. The van der Waals surface area contributed by atoms with E-state index in [1.807, 2.05) is 19.2 Å². The van der Waals surface area contributed by atoms with Gasteiger partial charge in [0.15, 0.2) is 11.6 Å². The molecule has 0 spiro atoms. The van der Waals surface area contributed by atoms with E-state index in [1.165, 1.54) is 19.9 Å². The van der Waals surface area contributed by atoms with E-state index < -0.39 is 5.97 Å². The largest absolute Gasteiger partial charge is 0.465 e. The second-order valence-electron chi connectivity index (χ2n) is 6.70. The van der Waals surface area contributed by atoms with Crippen LogP contribution in [0.25, 0.3) is 0 Å². The number of carbonyl (C=O) groups is 1. The van der Waals surface area contributed by atoms with Gasteiger partial charge in [-0.15, -0.1) is 0 Å². The summed E-state index contributed by atoms with van der Waals surface area (Å²) in [5, 5.41) is 0. The van der Waals surface area contributed by atoms with Gasteiger partial charge in [0.1, 0.15) is 12.0 Å². The van der Waals surface area contributed by atoms with Gasteiger partial charge in [0.25, 0.3) is 0 Å². The smallest absolute Gasteiger partial charge is 0.339 e. The van der Waals surface area contributed by atoms with Crippen LogP contribution in [0.15, 0.2) is 30.6 Å². The lowest BCUT2D eigenvalue weighted by atomic mass is 10.0. The Kier molecular flexibility index (Phi) is 5.25. The molecule has 7 heteroatoms. The molecule has 0 amide bonds. The molecule has 138 valence electrons. The van der Waals surface area contributed by atoms with E-state index in [2.05, 4.69) is 21.8 Å². The molecule has 1 atom stereocenters. The molecule has 7 nitrogen and oxygen atoms in total. The van der Waals surface area contributed by atoms with Crippen molar-refractivity contribution in [2.75, 3.05) is 42.8 Å². The number of aromatic nitrogens is 2. The maximum Gasteiger partial charge on any atom is 0.339 e. The Labute approximate surface area is 153 Å². The third kappa shape index (κ3) is 3.42. The zero-order chi connectivity index (χ0) is 18.7. The zero-order valence-corrected chi connectivity index (χ0v) is 15.5. The molecule has 0 bridgehead atoms. The number of hydrogen-bond donors (Lipinski definition) is 1. The van der Waals surface area contributed by atoms with Crippen molar-refractivity contribution in [2.45, 2.75) is 19.8 Å². The molecule has 0 aliphatic carbocycles. The van der Waals surface area contributed by atoms with Crippen molar-refractivity contribution in [3.8, 4) is 0 Å². The van der Waals surface area contributed by atoms with Gasteiger partial charge in [-0.3, -0.25) is 0 Å².